The average molecular weight is 395 g/mol. The number of hydrogen-bond donors (Lipinski definition) is 1. The summed E-state index contributed by atoms with van der Waals surface area (Å²) >= 11 is 0. The number of benzene rings is 2. The number of carbonyl (C=O) groups excluding carboxylic acids is 1. The minimum atomic E-state index is -0.334. The zero-order valence-electron chi connectivity index (χ0n) is 15.9. The quantitative estimate of drug-likeness (QED) is 0.713. The predicted molar refractivity (Wildman–Crippen MR) is 105 cm³/mol. The number of nitrogens with one attached hydrogen (secondary N) is 1. The van der Waals surface area contributed by atoms with Gasteiger partial charge in [-0.25, -0.2) is 9.18 Å². The van der Waals surface area contributed by atoms with E-state index in [4.69, 9.17) is 0 Å². The van der Waals surface area contributed by atoms with Crippen LogP contribution in [-0.2, 0) is 13.1 Å². The van der Waals surface area contributed by atoms with Crippen molar-refractivity contribution < 1.29 is 9.18 Å². The zero-order valence-corrected chi connectivity index (χ0v) is 15.9. The maximum atomic E-state index is 13.5. The predicted octanol–water partition coefficient (Wildman–Crippen LogP) is 1.83. The van der Waals surface area contributed by atoms with Crippen LogP contribution in [0.1, 0.15) is 11.4 Å². The van der Waals surface area contributed by atoms with E-state index in [-0.39, 0.29) is 11.8 Å². The average Bonchev–Trinajstić information content (AvgIpc) is 3.21. The Hall–Kier alpha value is -3.33. The van der Waals surface area contributed by atoms with Gasteiger partial charge >= 0.3 is 6.03 Å². The molecule has 0 unspecified atom stereocenters. The summed E-state index contributed by atoms with van der Waals surface area (Å²) in [6, 6.07) is 16.0. The second-order valence-corrected chi connectivity index (χ2v) is 6.89. The van der Waals surface area contributed by atoms with Crippen molar-refractivity contribution in [3.05, 3.63) is 71.8 Å². The van der Waals surface area contributed by atoms with E-state index >= 15 is 0 Å². The van der Waals surface area contributed by atoms with Crippen molar-refractivity contribution in [3.8, 4) is 5.69 Å². The van der Waals surface area contributed by atoms with Crippen molar-refractivity contribution in [1.29, 1.82) is 0 Å². The molecule has 0 radical (unpaired) electrons. The van der Waals surface area contributed by atoms with E-state index in [9.17, 15) is 9.18 Å². The molecular weight excluding hydrogens is 373 g/mol. The molecular formula is C20H22FN7O. The van der Waals surface area contributed by atoms with Gasteiger partial charge in [-0.05, 0) is 34.2 Å². The molecule has 0 atom stereocenters. The molecule has 1 saturated heterocycles. The van der Waals surface area contributed by atoms with Crippen molar-refractivity contribution in [2.24, 2.45) is 0 Å². The van der Waals surface area contributed by atoms with Crippen molar-refractivity contribution in [2.45, 2.75) is 13.1 Å². The maximum Gasteiger partial charge on any atom is 0.317 e. The topological polar surface area (TPSA) is 79.2 Å². The second-order valence-electron chi connectivity index (χ2n) is 6.89. The second kappa shape index (κ2) is 8.78. The molecule has 1 aromatic heterocycles. The van der Waals surface area contributed by atoms with Crippen molar-refractivity contribution >= 4 is 6.03 Å². The van der Waals surface area contributed by atoms with Gasteiger partial charge in [-0.3, -0.25) is 4.90 Å². The lowest BCUT2D eigenvalue weighted by atomic mass is 10.2. The van der Waals surface area contributed by atoms with E-state index in [0.29, 0.717) is 37.7 Å². The molecule has 2 aromatic carbocycles. The molecule has 8 nitrogen and oxygen atoms in total. The molecule has 1 aliphatic rings. The van der Waals surface area contributed by atoms with Crippen LogP contribution in [-0.4, -0.2) is 62.2 Å². The van der Waals surface area contributed by atoms with E-state index in [2.05, 4.69) is 25.7 Å². The van der Waals surface area contributed by atoms with Crippen LogP contribution < -0.4 is 5.32 Å². The highest BCUT2D eigenvalue weighted by atomic mass is 19.1. The Bertz CT molecular complexity index is 954. The van der Waals surface area contributed by atoms with Crippen LogP contribution in [0.3, 0.4) is 0 Å². The lowest BCUT2D eigenvalue weighted by Gasteiger charge is -2.34. The van der Waals surface area contributed by atoms with Crippen LogP contribution >= 0.6 is 0 Å². The minimum absolute atomic E-state index is 0.0573. The van der Waals surface area contributed by atoms with Gasteiger partial charge in [0.25, 0.3) is 0 Å². The van der Waals surface area contributed by atoms with Gasteiger partial charge in [0.2, 0.25) is 0 Å². The molecule has 150 valence electrons. The van der Waals surface area contributed by atoms with E-state index < -0.39 is 0 Å². The summed E-state index contributed by atoms with van der Waals surface area (Å²) < 4.78 is 15.0. The molecule has 3 aromatic rings. The number of tetrazole rings is 1. The summed E-state index contributed by atoms with van der Waals surface area (Å²) in [5.41, 5.74) is 1.66. The first-order valence-corrected chi connectivity index (χ1v) is 9.51. The number of halogens is 1. The minimum Gasteiger partial charge on any atom is -0.334 e. The van der Waals surface area contributed by atoms with Crippen LogP contribution in [0.15, 0.2) is 54.6 Å². The number of hydrogen-bond acceptors (Lipinski definition) is 5. The van der Waals surface area contributed by atoms with Gasteiger partial charge in [0.05, 0.1) is 12.2 Å². The van der Waals surface area contributed by atoms with Gasteiger partial charge in [0.15, 0.2) is 5.82 Å². The Morgan fingerprint density at radius 2 is 1.83 bits per heavy atom. The lowest BCUT2D eigenvalue weighted by molar-refractivity contribution is 0.133. The zero-order chi connectivity index (χ0) is 20.1. The third-order valence-electron chi connectivity index (χ3n) is 4.90. The van der Waals surface area contributed by atoms with Gasteiger partial charge < -0.3 is 10.2 Å². The van der Waals surface area contributed by atoms with Crippen LogP contribution in [0.5, 0.6) is 0 Å². The normalized spacial score (nSPS) is 14.7. The number of carbonyl (C=O) groups is 1. The number of amides is 2. The van der Waals surface area contributed by atoms with Crippen LogP contribution in [0.2, 0.25) is 0 Å². The highest BCUT2D eigenvalue weighted by molar-refractivity contribution is 5.74. The SMILES string of the molecule is O=C(NCc1ccccc1)N1CCN(Cc2nnnn2-c2cccc(F)c2)CC1. The fraction of sp³-hybridized carbons (Fsp3) is 0.300. The van der Waals surface area contributed by atoms with Gasteiger partial charge in [-0.15, -0.1) is 5.10 Å². The fourth-order valence-corrected chi connectivity index (χ4v) is 3.31. The third-order valence-corrected chi connectivity index (χ3v) is 4.90. The number of piperazine rings is 1. The first kappa shape index (κ1) is 19.0. The van der Waals surface area contributed by atoms with Gasteiger partial charge in [0.1, 0.15) is 5.82 Å². The molecule has 4 rings (SSSR count). The molecule has 0 bridgehead atoms. The highest BCUT2D eigenvalue weighted by Crippen LogP contribution is 2.12. The van der Waals surface area contributed by atoms with Crippen molar-refractivity contribution in [1.82, 2.24) is 35.3 Å². The fourth-order valence-electron chi connectivity index (χ4n) is 3.31. The molecule has 0 saturated carbocycles. The maximum absolute atomic E-state index is 13.5. The van der Waals surface area contributed by atoms with Gasteiger partial charge in [0, 0.05) is 32.7 Å². The van der Waals surface area contributed by atoms with Crippen LogP contribution in [0.25, 0.3) is 5.69 Å². The molecule has 1 aliphatic heterocycles. The summed E-state index contributed by atoms with van der Waals surface area (Å²) in [7, 11) is 0. The standard InChI is InChI=1S/C20H22FN7O/c21-17-7-4-8-18(13-17)28-19(23-24-25-28)15-26-9-11-27(12-10-26)20(29)22-14-16-5-2-1-3-6-16/h1-8,13H,9-12,14-15H2,(H,22,29). The summed E-state index contributed by atoms with van der Waals surface area (Å²) in [5.74, 6) is 0.302. The number of rotatable bonds is 5. The van der Waals surface area contributed by atoms with Crippen molar-refractivity contribution in [2.75, 3.05) is 26.2 Å². The van der Waals surface area contributed by atoms with Crippen LogP contribution in [0.4, 0.5) is 9.18 Å². The Morgan fingerprint density at radius 1 is 1.03 bits per heavy atom. The molecule has 29 heavy (non-hydrogen) atoms. The number of urea groups is 1. The molecule has 1 N–H and O–H groups in total. The Kier molecular flexibility index (Phi) is 5.76. The molecule has 2 amide bonds. The van der Waals surface area contributed by atoms with Gasteiger partial charge in [-0.2, -0.15) is 4.68 Å². The summed E-state index contributed by atoms with van der Waals surface area (Å²) in [6.45, 7) is 3.74. The number of nitrogens with zero attached hydrogens (tertiary/aromatic N) is 6. The first-order chi connectivity index (χ1) is 14.2. The smallest absolute Gasteiger partial charge is 0.317 e. The Balaban J connectivity index is 1.29. The summed E-state index contributed by atoms with van der Waals surface area (Å²) in [4.78, 5) is 16.4. The Morgan fingerprint density at radius 3 is 2.59 bits per heavy atom. The molecule has 0 spiro atoms. The number of aromatic nitrogens is 4. The molecule has 2 heterocycles. The van der Waals surface area contributed by atoms with Crippen LogP contribution in [0, 0.1) is 5.82 Å². The van der Waals surface area contributed by atoms with E-state index in [1.54, 1.807) is 16.8 Å². The highest BCUT2D eigenvalue weighted by Gasteiger charge is 2.22. The first-order valence-electron chi connectivity index (χ1n) is 9.51. The van der Waals surface area contributed by atoms with E-state index in [0.717, 1.165) is 18.7 Å². The lowest BCUT2D eigenvalue weighted by Crippen LogP contribution is -2.51. The molecule has 0 aliphatic carbocycles. The van der Waals surface area contributed by atoms with Crippen molar-refractivity contribution in [3.63, 3.8) is 0 Å². The van der Waals surface area contributed by atoms with E-state index in [1.165, 1.54) is 12.1 Å². The van der Waals surface area contributed by atoms with E-state index in [1.807, 2.05) is 35.2 Å². The Labute approximate surface area is 167 Å². The third kappa shape index (κ3) is 4.75. The van der Waals surface area contributed by atoms with Gasteiger partial charge in [-0.1, -0.05) is 36.4 Å². The summed E-state index contributed by atoms with van der Waals surface area (Å²) in [6.07, 6.45) is 0. The molecule has 9 heteroatoms. The monoisotopic (exact) mass is 395 g/mol. The molecule has 1 fully saturated rings. The largest absolute Gasteiger partial charge is 0.334 e. The summed E-state index contributed by atoms with van der Waals surface area (Å²) in [5, 5.41) is 14.7.